The summed E-state index contributed by atoms with van der Waals surface area (Å²) in [4.78, 5) is -0.658. The van der Waals surface area contributed by atoms with E-state index in [2.05, 4.69) is 0 Å². The lowest BCUT2D eigenvalue weighted by atomic mass is 9.82. The van der Waals surface area contributed by atoms with E-state index in [-0.39, 0.29) is 0 Å². The number of aliphatic hydroxyl groups is 1. The molecule has 0 radical (unpaired) electrons. The van der Waals surface area contributed by atoms with Crippen molar-refractivity contribution in [2.24, 2.45) is 0 Å². The van der Waals surface area contributed by atoms with Crippen LogP contribution >= 0.6 is 34.8 Å². The van der Waals surface area contributed by atoms with Crippen LogP contribution in [0.1, 0.15) is 24.0 Å². The zero-order chi connectivity index (χ0) is 14.4. The molecule has 2 aromatic carbocycles. The van der Waals surface area contributed by atoms with Crippen LogP contribution in [0.25, 0.3) is 0 Å². The summed E-state index contributed by atoms with van der Waals surface area (Å²) in [5.41, 5.74) is 0.262. The van der Waals surface area contributed by atoms with Gasteiger partial charge in [0.1, 0.15) is 5.60 Å². The molecule has 0 aliphatic heterocycles. The Bertz CT molecular complexity index is 570. The number of alkyl halides is 1. The van der Waals surface area contributed by atoms with Crippen molar-refractivity contribution in [3.05, 3.63) is 69.7 Å². The van der Waals surface area contributed by atoms with Gasteiger partial charge < -0.3 is 5.11 Å². The summed E-state index contributed by atoms with van der Waals surface area (Å²) in [5.74, 6) is 0. The maximum Gasteiger partial charge on any atom is 0.134 e. The Labute approximate surface area is 133 Å². The molecule has 1 nitrogen and oxygen atoms in total. The lowest BCUT2D eigenvalue weighted by Crippen LogP contribution is -2.39. The molecule has 2 aromatic rings. The summed E-state index contributed by atoms with van der Waals surface area (Å²) >= 11 is 18.4. The van der Waals surface area contributed by atoms with Crippen LogP contribution in [-0.2, 0) is 5.60 Å². The van der Waals surface area contributed by atoms with Crippen molar-refractivity contribution in [2.75, 3.05) is 0 Å². The number of rotatable bonds is 3. The van der Waals surface area contributed by atoms with Crippen molar-refractivity contribution in [2.45, 2.75) is 23.3 Å². The Morgan fingerprint density at radius 3 is 1.45 bits per heavy atom. The standard InChI is InChI=1S/C16H13Cl3O/c17-13-5-1-11(2-6-13)16(20,15(19)9-10-15)12-3-7-14(18)8-4-12/h1-8,20H,9-10H2. The fourth-order valence-electron chi connectivity index (χ4n) is 2.54. The summed E-state index contributed by atoms with van der Waals surface area (Å²) in [7, 11) is 0. The highest BCUT2D eigenvalue weighted by Gasteiger charge is 2.59. The van der Waals surface area contributed by atoms with Crippen LogP contribution < -0.4 is 0 Å². The Morgan fingerprint density at radius 2 is 1.15 bits per heavy atom. The molecule has 1 N–H and O–H groups in total. The van der Waals surface area contributed by atoms with Crippen molar-refractivity contribution in [3.8, 4) is 0 Å². The van der Waals surface area contributed by atoms with Crippen LogP contribution in [0.4, 0.5) is 0 Å². The minimum atomic E-state index is -1.23. The summed E-state index contributed by atoms with van der Waals surface area (Å²) in [5, 5.41) is 12.6. The topological polar surface area (TPSA) is 20.2 Å². The van der Waals surface area contributed by atoms with Gasteiger partial charge in [-0.3, -0.25) is 0 Å². The molecule has 104 valence electrons. The lowest BCUT2D eigenvalue weighted by Gasteiger charge is -2.34. The van der Waals surface area contributed by atoms with Crippen molar-refractivity contribution in [3.63, 3.8) is 0 Å². The molecule has 0 bridgehead atoms. The predicted molar refractivity (Wildman–Crippen MR) is 83.7 cm³/mol. The summed E-state index contributed by atoms with van der Waals surface area (Å²) < 4.78 is 0. The van der Waals surface area contributed by atoms with Gasteiger partial charge in [0.15, 0.2) is 0 Å². The lowest BCUT2D eigenvalue weighted by molar-refractivity contribution is 0.0674. The molecule has 4 heteroatoms. The van der Waals surface area contributed by atoms with Gasteiger partial charge in [0.05, 0.1) is 4.87 Å². The van der Waals surface area contributed by atoms with Crippen LogP contribution in [0, 0.1) is 0 Å². The van der Waals surface area contributed by atoms with Gasteiger partial charge in [0, 0.05) is 10.0 Å². The highest BCUT2D eigenvalue weighted by molar-refractivity contribution is 6.31. The van der Waals surface area contributed by atoms with Gasteiger partial charge in [0.25, 0.3) is 0 Å². The highest BCUT2D eigenvalue weighted by atomic mass is 35.5. The Kier molecular flexibility index (Phi) is 3.50. The normalized spacial score (nSPS) is 17.0. The molecule has 3 rings (SSSR count). The zero-order valence-electron chi connectivity index (χ0n) is 10.6. The Balaban J connectivity index is 2.14. The molecular formula is C16H13Cl3O. The highest BCUT2D eigenvalue weighted by Crippen LogP contribution is 2.58. The largest absolute Gasteiger partial charge is 0.379 e. The first kappa shape index (κ1) is 14.2. The van der Waals surface area contributed by atoms with Gasteiger partial charge in [-0.2, -0.15) is 0 Å². The first-order valence-corrected chi connectivity index (χ1v) is 7.52. The maximum absolute atomic E-state index is 11.3. The fraction of sp³-hybridized carbons (Fsp3) is 0.250. The van der Waals surface area contributed by atoms with Crippen LogP contribution in [0.15, 0.2) is 48.5 Å². The van der Waals surface area contributed by atoms with Gasteiger partial charge in [0.2, 0.25) is 0 Å². The van der Waals surface area contributed by atoms with Gasteiger partial charge in [-0.05, 0) is 48.2 Å². The van der Waals surface area contributed by atoms with E-state index in [4.69, 9.17) is 34.8 Å². The maximum atomic E-state index is 11.3. The first-order valence-electron chi connectivity index (χ1n) is 6.39. The van der Waals surface area contributed by atoms with Crippen LogP contribution in [0.5, 0.6) is 0 Å². The summed E-state index contributed by atoms with van der Waals surface area (Å²) in [6.45, 7) is 0. The van der Waals surface area contributed by atoms with Gasteiger partial charge >= 0.3 is 0 Å². The molecule has 20 heavy (non-hydrogen) atoms. The van der Waals surface area contributed by atoms with Crippen molar-refractivity contribution >= 4 is 34.8 Å². The molecule has 0 heterocycles. The third-order valence-electron chi connectivity index (χ3n) is 3.86. The second-order valence-corrected chi connectivity index (χ2v) is 6.79. The minimum Gasteiger partial charge on any atom is -0.379 e. The summed E-state index contributed by atoms with van der Waals surface area (Å²) in [6.07, 6.45) is 1.55. The molecular weight excluding hydrogens is 315 g/mol. The van der Waals surface area contributed by atoms with E-state index in [1.54, 1.807) is 24.3 Å². The average molecular weight is 328 g/mol. The zero-order valence-corrected chi connectivity index (χ0v) is 12.9. The molecule has 1 saturated carbocycles. The van der Waals surface area contributed by atoms with Crippen molar-refractivity contribution in [1.29, 1.82) is 0 Å². The SMILES string of the molecule is OC(c1ccc(Cl)cc1)(c1ccc(Cl)cc1)C1(Cl)CC1. The van der Waals surface area contributed by atoms with Crippen LogP contribution in [-0.4, -0.2) is 9.98 Å². The number of hydrogen-bond donors (Lipinski definition) is 1. The van der Waals surface area contributed by atoms with Gasteiger partial charge in [-0.15, -0.1) is 11.6 Å². The number of halogens is 3. The molecule has 0 atom stereocenters. The molecule has 0 amide bonds. The second kappa shape index (κ2) is 4.92. The third-order valence-corrected chi connectivity index (χ3v) is 5.02. The molecule has 0 saturated heterocycles. The first-order chi connectivity index (χ1) is 9.46. The predicted octanol–water partition coefficient (Wildman–Crippen LogP) is 5.00. The molecule has 1 aliphatic rings. The van der Waals surface area contributed by atoms with E-state index in [0.29, 0.717) is 10.0 Å². The molecule has 1 fully saturated rings. The van der Waals surface area contributed by atoms with Crippen LogP contribution in [0.2, 0.25) is 10.0 Å². The van der Waals surface area contributed by atoms with Crippen LogP contribution in [0.3, 0.4) is 0 Å². The van der Waals surface area contributed by atoms with Crippen molar-refractivity contribution in [1.82, 2.24) is 0 Å². The quantitative estimate of drug-likeness (QED) is 0.786. The van der Waals surface area contributed by atoms with E-state index >= 15 is 0 Å². The average Bonchev–Trinajstić information content (AvgIpc) is 3.19. The Hall–Kier alpha value is -0.730. The van der Waals surface area contributed by atoms with E-state index < -0.39 is 10.5 Å². The third kappa shape index (κ3) is 2.23. The summed E-state index contributed by atoms with van der Waals surface area (Å²) in [6, 6.07) is 14.3. The van der Waals surface area contributed by atoms with E-state index in [0.717, 1.165) is 24.0 Å². The minimum absolute atomic E-state index is 0.631. The smallest absolute Gasteiger partial charge is 0.134 e. The molecule has 0 unspecified atom stereocenters. The van der Waals surface area contributed by atoms with Crippen molar-refractivity contribution < 1.29 is 5.11 Å². The Morgan fingerprint density at radius 1 is 0.800 bits per heavy atom. The van der Waals surface area contributed by atoms with Gasteiger partial charge in [-0.25, -0.2) is 0 Å². The molecule has 0 aromatic heterocycles. The molecule has 0 spiro atoms. The van der Waals surface area contributed by atoms with E-state index in [1.165, 1.54) is 0 Å². The molecule has 1 aliphatic carbocycles. The monoisotopic (exact) mass is 326 g/mol. The number of benzene rings is 2. The fourth-order valence-corrected chi connectivity index (χ4v) is 3.10. The number of hydrogen-bond acceptors (Lipinski definition) is 1. The van der Waals surface area contributed by atoms with E-state index in [9.17, 15) is 5.11 Å². The van der Waals surface area contributed by atoms with Gasteiger partial charge in [-0.1, -0.05) is 47.5 Å². The second-order valence-electron chi connectivity index (χ2n) is 5.19. The van der Waals surface area contributed by atoms with E-state index in [1.807, 2.05) is 24.3 Å².